The van der Waals surface area contributed by atoms with Gasteiger partial charge in [-0.1, -0.05) is 11.6 Å². The van der Waals surface area contributed by atoms with E-state index in [4.69, 9.17) is 21.8 Å². The minimum absolute atomic E-state index is 0.0891. The fraction of sp³-hybridized carbons (Fsp3) is 0.316. The van der Waals surface area contributed by atoms with Crippen LogP contribution >= 0.6 is 22.9 Å². The number of nitrogens with zero attached hydrogens (tertiary/aromatic N) is 3. The first kappa shape index (κ1) is 20.1. The van der Waals surface area contributed by atoms with E-state index in [0.29, 0.717) is 15.7 Å². The lowest BCUT2D eigenvalue weighted by molar-refractivity contribution is 0.507. The van der Waals surface area contributed by atoms with E-state index in [1.165, 1.54) is 17.7 Å². The number of halogens is 1. The molecule has 0 radical (unpaired) electrons. The van der Waals surface area contributed by atoms with Crippen LogP contribution in [0.1, 0.15) is 25.6 Å². The van der Waals surface area contributed by atoms with Crippen molar-refractivity contribution in [1.82, 2.24) is 9.97 Å². The minimum atomic E-state index is -3.51. The van der Waals surface area contributed by atoms with Crippen LogP contribution in [-0.4, -0.2) is 34.7 Å². The van der Waals surface area contributed by atoms with E-state index in [2.05, 4.69) is 15.0 Å². The van der Waals surface area contributed by atoms with Gasteiger partial charge in [0.25, 0.3) is 0 Å². The van der Waals surface area contributed by atoms with Crippen LogP contribution in [0.4, 0.5) is 0 Å². The maximum absolute atomic E-state index is 12.8. The van der Waals surface area contributed by atoms with Gasteiger partial charge in [0.1, 0.15) is 16.1 Å². The van der Waals surface area contributed by atoms with E-state index in [-0.39, 0.29) is 11.6 Å². The van der Waals surface area contributed by atoms with Gasteiger partial charge in [-0.05, 0) is 32.9 Å². The highest BCUT2D eigenvalue weighted by molar-refractivity contribution is 7.93. The molecule has 1 atom stereocenters. The predicted octanol–water partition coefficient (Wildman–Crippen LogP) is 3.90. The molecule has 7 nitrogen and oxygen atoms in total. The van der Waals surface area contributed by atoms with Crippen molar-refractivity contribution in [2.24, 2.45) is 10.7 Å². The molecule has 0 spiro atoms. The van der Waals surface area contributed by atoms with Crippen molar-refractivity contribution >= 4 is 38.6 Å². The standard InChI is InChI=1S/C19H19ClN4O3S2/c1-18(2)17(21)24-19(3,9-29(18,25)26)16-13(20)5-15(28-16)12-4-11(6-22-7-12)14-8-23-10-27-14/h4-8,10H,9H2,1-3H3,(H2,21,24)/t19-/m0/s1. The number of aliphatic imine (C=N–C) groups is 1. The van der Waals surface area contributed by atoms with Crippen LogP contribution in [0.15, 0.2) is 46.5 Å². The average molecular weight is 451 g/mol. The SMILES string of the molecule is CC1(C)C(N)=N[C@](C)(c2sc(-c3cncc(-c4cnco4)c3)cc2Cl)CS1(=O)=O. The molecule has 0 saturated heterocycles. The van der Waals surface area contributed by atoms with E-state index < -0.39 is 20.1 Å². The van der Waals surface area contributed by atoms with Gasteiger partial charge in [-0.25, -0.2) is 13.4 Å². The third-order valence-electron chi connectivity index (χ3n) is 5.15. The van der Waals surface area contributed by atoms with Gasteiger partial charge in [0, 0.05) is 28.4 Å². The van der Waals surface area contributed by atoms with Gasteiger partial charge in [0.2, 0.25) is 0 Å². The third-order valence-corrected chi connectivity index (χ3v) is 9.70. The number of sulfone groups is 1. The average Bonchev–Trinajstić information content (AvgIpc) is 3.30. The Morgan fingerprint density at radius 1 is 1.14 bits per heavy atom. The summed E-state index contributed by atoms with van der Waals surface area (Å²) in [7, 11) is -3.51. The van der Waals surface area contributed by atoms with E-state index in [1.807, 2.05) is 6.07 Å². The number of hydrogen-bond donors (Lipinski definition) is 1. The predicted molar refractivity (Wildman–Crippen MR) is 115 cm³/mol. The summed E-state index contributed by atoms with van der Waals surface area (Å²) in [4.78, 5) is 14.3. The zero-order valence-electron chi connectivity index (χ0n) is 16.0. The number of pyridine rings is 1. The van der Waals surface area contributed by atoms with Gasteiger partial charge in [-0.15, -0.1) is 11.3 Å². The third kappa shape index (κ3) is 3.27. The molecule has 0 unspecified atom stereocenters. The summed E-state index contributed by atoms with van der Waals surface area (Å²) in [5, 5.41) is 0.448. The summed E-state index contributed by atoms with van der Waals surface area (Å²) < 4.78 is 29.8. The van der Waals surface area contributed by atoms with Gasteiger partial charge in [-0.3, -0.25) is 9.98 Å². The summed E-state index contributed by atoms with van der Waals surface area (Å²) in [5.41, 5.74) is 6.61. The molecule has 1 aliphatic rings. The van der Waals surface area contributed by atoms with Crippen LogP contribution < -0.4 is 5.73 Å². The quantitative estimate of drug-likeness (QED) is 0.647. The van der Waals surface area contributed by atoms with Crippen molar-refractivity contribution in [1.29, 1.82) is 0 Å². The molecule has 0 fully saturated rings. The smallest absolute Gasteiger partial charge is 0.181 e. The van der Waals surface area contributed by atoms with Crippen molar-refractivity contribution in [3.8, 4) is 21.8 Å². The molecule has 0 saturated carbocycles. The molecule has 152 valence electrons. The monoisotopic (exact) mass is 450 g/mol. The topological polar surface area (TPSA) is 111 Å². The van der Waals surface area contributed by atoms with Gasteiger partial charge >= 0.3 is 0 Å². The van der Waals surface area contributed by atoms with Crippen LogP contribution in [0.25, 0.3) is 21.8 Å². The summed E-state index contributed by atoms with van der Waals surface area (Å²) in [6.07, 6.45) is 6.37. The molecule has 0 bridgehead atoms. The van der Waals surface area contributed by atoms with Crippen molar-refractivity contribution in [3.05, 3.63) is 47.0 Å². The Morgan fingerprint density at radius 2 is 1.86 bits per heavy atom. The summed E-state index contributed by atoms with van der Waals surface area (Å²) in [6.45, 7) is 4.89. The lowest BCUT2D eigenvalue weighted by atomic mass is 10.0. The van der Waals surface area contributed by atoms with Gasteiger partial charge in [0.15, 0.2) is 22.0 Å². The first-order valence-electron chi connectivity index (χ1n) is 8.76. The number of rotatable bonds is 3. The second-order valence-electron chi connectivity index (χ2n) is 7.66. The van der Waals surface area contributed by atoms with E-state index >= 15 is 0 Å². The van der Waals surface area contributed by atoms with Gasteiger partial charge in [0.05, 0.1) is 21.8 Å². The van der Waals surface area contributed by atoms with E-state index in [0.717, 1.165) is 16.0 Å². The molecule has 10 heteroatoms. The Hall–Kier alpha value is -2.23. The molecule has 0 aliphatic carbocycles. The zero-order chi connectivity index (χ0) is 21.0. The van der Waals surface area contributed by atoms with Crippen LogP contribution in [0.5, 0.6) is 0 Å². The Morgan fingerprint density at radius 3 is 2.52 bits per heavy atom. The molecular formula is C19H19ClN4O3S2. The largest absolute Gasteiger partial charge is 0.443 e. The van der Waals surface area contributed by atoms with Crippen LogP contribution in [0.3, 0.4) is 0 Å². The minimum Gasteiger partial charge on any atom is -0.443 e. The highest BCUT2D eigenvalue weighted by atomic mass is 35.5. The fourth-order valence-electron chi connectivity index (χ4n) is 3.20. The summed E-state index contributed by atoms with van der Waals surface area (Å²) >= 11 is 7.91. The lowest BCUT2D eigenvalue weighted by Crippen LogP contribution is -2.54. The van der Waals surface area contributed by atoms with E-state index in [1.54, 1.807) is 45.4 Å². The highest BCUT2D eigenvalue weighted by Gasteiger charge is 2.49. The summed E-state index contributed by atoms with van der Waals surface area (Å²) in [6, 6.07) is 3.71. The Balaban J connectivity index is 1.78. The van der Waals surface area contributed by atoms with Crippen molar-refractivity contribution in [3.63, 3.8) is 0 Å². The molecule has 4 rings (SSSR count). The van der Waals surface area contributed by atoms with Crippen LogP contribution in [-0.2, 0) is 15.4 Å². The molecule has 2 N–H and O–H groups in total. The molecular weight excluding hydrogens is 432 g/mol. The normalized spacial score (nSPS) is 23.0. The molecule has 0 amide bonds. The zero-order valence-corrected chi connectivity index (χ0v) is 18.4. The number of nitrogens with two attached hydrogens (primary N) is 1. The Labute approximate surface area is 177 Å². The van der Waals surface area contributed by atoms with Crippen LogP contribution in [0, 0.1) is 0 Å². The molecule has 3 aromatic heterocycles. The molecule has 0 aromatic carbocycles. The Kier molecular flexibility index (Phi) is 4.60. The number of hydrogen-bond acceptors (Lipinski definition) is 8. The van der Waals surface area contributed by atoms with E-state index in [9.17, 15) is 8.42 Å². The Bertz CT molecular complexity index is 1220. The molecule has 3 aromatic rings. The van der Waals surface area contributed by atoms with Crippen molar-refractivity contribution in [2.75, 3.05) is 5.75 Å². The second-order valence-corrected chi connectivity index (χ2v) is 11.7. The number of aromatic nitrogens is 2. The second kappa shape index (κ2) is 6.65. The maximum Gasteiger partial charge on any atom is 0.181 e. The number of oxazole rings is 1. The fourth-order valence-corrected chi connectivity index (χ4v) is 6.58. The molecule has 1 aliphatic heterocycles. The van der Waals surface area contributed by atoms with Gasteiger partial charge in [-0.2, -0.15) is 0 Å². The van der Waals surface area contributed by atoms with Crippen molar-refractivity contribution in [2.45, 2.75) is 31.1 Å². The number of amidine groups is 1. The number of thiophene rings is 1. The first-order chi connectivity index (χ1) is 13.5. The first-order valence-corrected chi connectivity index (χ1v) is 11.6. The van der Waals surface area contributed by atoms with Gasteiger partial charge < -0.3 is 10.2 Å². The van der Waals surface area contributed by atoms with Crippen LogP contribution in [0.2, 0.25) is 5.02 Å². The molecule has 29 heavy (non-hydrogen) atoms. The maximum atomic E-state index is 12.8. The van der Waals surface area contributed by atoms with Crippen molar-refractivity contribution < 1.29 is 12.8 Å². The highest BCUT2D eigenvalue weighted by Crippen LogP contribution is 2.45. The molecule has 4 heterocycles. The lowest BCUT2D eigenvalue weighted by Gasteiger charge is -2.37. The summed E-state index contributed by atoms with van der Waals surface area (Å²) in [5.74, 6) is 0.530.